The van der Waals surface area contributed by atoms with Crippen LogP contribution in [0.5, 0.6) is 0 Å². The van der Waals surface area contributed by atoms with E-state index in [0.29, 0.717) is 0 Å². The van der Waals surface area contributed by atoms with E-state index in [-0.39, 0.29) is 11.5 Å². The number of aryl methyl sites for hydroxylation is 2. The molecule has 22 heavy (non-hydrogen) atoms. The smallest absolute Gasteiger partial charge is 0.326 e. The van der Waals surface area contributed by atoms with E-state index in [0.717, 1.165) is 11.3 Å². The molecule has 1 aromatic rings. The lowest BCUT2D eigenvalue weighted by atomic mass is 9.84. The van der Waals surface area contributed by atoms with Crippen molar-refractivity contribution in [2.75, 3.05) is 4.90 Å². The van der Waals surface area contributed by atoms with Gasteiger partial charge in [-0.1, -0.05) is 19.9 Å². The normalized spacial score (nSPS) is 18.0. The minimum Gasteiger partial charge on any atom is -0.480 e. The van der Waals surface area contributed by atoms with Crippen molar-refractivity contribution >= 4 is 17.2 Å². The molecule has 1 aliphatic heterocycles. The summed E-state index contributed by atoms with van der Waals surface area (Å²) in [6, 6.07) is 3.78. The molecule has 1 aromatic carbocycles. The van der Waals surface area contributed by atoms with Gasteiger partial charge < -0.3 is 10.0 Å². The summed E-state index contributed by atoms with van der Waals surface area (Å²) in [6.45, 7) is 14.4. The maximum atomic E-state index is 11.9. The Morgan fingerprint density at radius 1 is 1.14 bits per heavy atom. The fourth-order valence-corrected chi connectivity index (χ4v) is 3.51. The van der Waals surface area contributed by atoms with Crippen molar-refractivity contribution in [3.05, 3.63) is 34.9 Å². The van der Waals surface area contributed by atoms with Gasteiger partial charge in [0.2, 0.25) is 0 Å². The van der Waals surface area contributed by atoms with Gasteiger partial charge >= 0.3 is 5.97 Å². The Hall–Kier alpha value is -1.77. The van der Waals surface area contributed by atoms with Crippen LogP contribution in [0.3, 0.4) is 0 Å². The number of benzene rings is 1. The lowest BCUT2D eigenvalue weighted by molar-refractivity contribution is -0.140. The number of nitrogens with zero attached hydrogens (tertiary/aromatic N) is 1. The molecular weight excluding hydrogens is 274 g/mol. The highest BCUT2D eigenvalue weighted by Gasteiger charge is 2.40. The second kappa shape index (κ2) is 5.45. The predicted molar refractivity (Wildman–Crippen MR) is 92.4 cm³/mol. The molecule has 0 spiro atoms. The quantitative estimate of drug-likeness (QED) is 0.898. The molecule has 120 valence electrons. The molecule has 0 aliphatic carbocycles. The first-order chi connectivity index (χ1) is 10.1. The maximum Gasteiger partial charge on any atom is 0.326 e. The van der Waals surface area contributed by atoms with Crippen molar-refractivity contribution in [1.29, 1.82) is 0 Å². The lowest BCUT2D eigenvalue weighted by Gasteiger charge is -2.47. The van der Waals surface area contributed by atoms with Crippen LogP contribution in [0.1, 0.15) is 51.3 Å². The van der Waals surface area contributed by atoms with Gasteiger partial charge in [0.15, 0.2) is 0 Å². The van der Waals surface area contributed by atoms with Crippen molar-refractivity contribution in [2.24, 2.45) is 5.92 Å². The molecule has 1 heterocycles. The van der Waals surface area contributed by atoms with Crippen LogP contribution in [0.4, 0.5) is 5.69 Å². The molecule has 1 aliphatic rings. The third kappa shape index (κ3) is 2.65. The Bertz CT molecular complexity index is 641. The molecule has 0 saturated heterocycles. The maximum absolute atomic E-state index is 11.9. The molecule has 0 unspecified atom stereocenters. The van der Waals surface area contributed by atoms with Gasteiger partial charge in [0.1, 0.15) is 6.04 Å². The third-order valence-corrected chi connectivity index (χ3v) is 4.65. The zero-order valence-electron chi connectivity index (χ0n) is 14.7. The molecule has 0 saturated carbocycles. The fourth-order valence-electron chi connectivity index (χ4n) is 3.51. The van der Waals surface area contributed by atoms with Crippen LogP contribution < -0.4 is 4.90 Å². The van der Waals surface area contributed by atoms with Gasteiger partial charge in [0, 0.05) is 11.3 Å². The van der Waals surface area contributed by atoms with E-state index in [1.54, 1.807) is 0 Å². The number of carboxylic acid groups (broad SMARTS) is 1. The minimum atomic E-state index is -0.764. The Kier molecular flexibility index (Phi) is 4.12. The van der Waals surface area contributed by atoms with Gasteiger partial charge in [-0.05, 0) is 69.4 Å². The molecule has 0 bridgehead atoms. The van der Waals surface area contributed by atoms with E-state index in [9.17, 15) is 9.90 Å². The van der Waals surface area contributed by atoms with Crippen LogP contribution >= 0.6 is 0 Å². The summed E-state index contributed by atoms with van der Waals surface area (Å²) in [5, 5.41) is 9.78. The average molecular weight is 301 g/mol. The molecule has 0 aromatic heterocycles. The standard InChI is InChI=1S/C19H27NO2/c1-11(2)17(18(21)22)20-16-9-13(4)12(3)8-15(16)14(5)10-19(20,6)7/h8-11,17H,1-7H3,(H,21,22)/t17-/m0/s1. The second-order valence-electron chi connectivity index (χ2n) is 7.33. The molecule has 0 amide bonds. The Morgan fingerprint density at radius 2 is 1.68 bits per heavy atom. The summed E-state index contributed by atoms with van der Waals surface area (Å²) in [5.74, 6) is -0.738. The summed E-state index contributed by atoms with van der Waals surface area (Å²) in [6.07, 6.45) is 2.18. The van der Waals surface area contributed by atoms with Gasteiger partial charge in [0.25, 0.3) is 0 Å². The first-order valence-corrected chi connectivity index (χ1v) is 7.89. The van der Waals surface area contributed by atoms with E-state index in [1.807, 2.05) is 13.8 Å². The minimum absolute atomic E-state index is 0.0260. The van der Waals surface area contributed by atoms with Crippen molar-refractivity contribution in [1.82, 2.24) is 0 Å². The number of allylic oxidation sites excluding steroid dienone is 1. The molecule has 1 atom stereocenters. The van der Waals surface area contributed by atoms with E-state index in [2.05, 4.69) is 57.7 Å². The van der Waals surface area contributed by atoms with E-state index >= 15 is 0 Å². The summed E-state index contributed by atoms with van der Waals surface area (Å²) < 4.78 is 0. The highest BCUT2D eigenvalue weighted by atomic mass is 16.4. The average Bonchev–Trinajstić information content (AvgIpc) is 2.35. The molecule has 3 heteroatoms. The predicted octanol–water partition coefficient (Wildman–Crippen LogP) is 4.41. The topological polar surface area (TPSA) is 40.5 Å². The number of carboxylic acids is 1. The van der Waals surface area contributed by atoms with Gasteiger partial charge in [0.05, 0.1) is 5.54 Å². The van der Waals surface area contributed by atoms with E-state index < -0.39 is 12.0 Å². The number of hydrogen-bond donors (Lipinski definition) is 1. The molecule has 0 fully saturated rings. The van der Waals surface area contributed by atoms with Crippen molar-refractivity contribution in [2.45, 2.75) is 60.0 Å². The fraction of sp³-hybridized carbons (Fsp3) is 0.526. The largest absolute Gasteiger partial charge is 0.480 e. The van der Waals surface area contributed by atoms with Gasteiger partial charge in [-0.25, -0.2) is 4.79 Å². The number of carbonyl (C=O) groups is 1. The Labute approximate surface area is 133 Å². The van der Waals surface area contributed by atoms with Gasteiger partial charge in [-0.2, -0.15) is 0 Å². The molecule has 0 radical (unpaired) electrons. The van der Waals surface area contributed by atoms with Gasteiger partial charge in [-0.15, -0.1) is 0 Å². The lowest BCUT2D eigenvalue weighted by Crippen LogP contribution is -2.56. The van der Waals surface area contributed by atoms with E-state index in [1.165, 1.54) is 16.7 Å². The zero-order valence-corrected chi connectivity index (χ0v) is 14.7. The number of fused-ring (bicyclic) bond motifs is 1. The Balaban J connectivity index is 2.73. The zero-order chi connectivity index (χ0) is 16.8. The number of hydrogen-bond acceptors (Lipinski definition) is 2. The highest BCUT2D eigenvalue weighted by Crippen LogP contribution is 2.42. The monoisotopic (exact) mass is 301 g/mol. The molecule has 3 nitrogen and oxygen atoms in total. The van der Waals surface area contributed by atoms with Crippen LogP contribution in [-0.2, 0) is 4.79 Å². The first-order valence-electron chi connectivity index (χ1n) is 7.89. The number of aliphatic carboxylic acids is 1. The molecule has 1 N–H and O–H groups in total. The van der Waals surface area contributed by atoms with Crippen molar-refractivity contribution in [3.8, 4) is 0 Å². The summed E-state index contributed by atoms with van der Waals surface area (Å²) in [5.41, 5.74) is 5.51. The van der Waals surface area contributed by atoms with Crippen LogP contribution in [0.15, 0.2) is 18.2 Å². The SMILES string of the molecule is CC1=CC(C)(C)N([C@H](C(=O)O)C(C)C)c2cc(C)c(C)cc21. The van der Waals surface area contributed by atoms with Crippen molar-refractivity contribution in [3.63, 3.8) is 0 Å². The van der Waals surface area contributed by atoms with Crippen LogP contribution in [0.25, 0.3) is 5.57 Å². The molecular formula is C19H27NO2. The second-order valence-corrected chi connectivity index (χ2v) is 7.33. The summed E-state index contributed by atoms with van der Waals surface area (Å²) in [4.78, 5) is 14.0. The van der Waals surface area contributed by atoms with E-state index in [4.69, 9.17) is 0 Å². The summed E-state index contributed by atoms with van der Waals surface area (Å²) in [7, 11) is 0. The number of rotatable bonds is 3. The van der Waals surface area contributed by atoms with Crippen LogP contribution in [0.2, 0.25) is 0 Å². The van der Waals surface area contributed by atoms with Crippen LogP contribution in [-0.4, -0.2) is 22.7 Å². The van der Waals surface area contributed by atoms with Crippen LogP contribution in [0, 0.1) is 19.8 Å². The molecule has 2 rings (SSSR count). The third-order valence-electron chi connectivity index (χ3n) is 4.65. The first kappa shape index (κ1) is 16.6. The van der Waals surface area contributed by atoms with Gasteiger partial charge in [-0.3, -0.25) is 0 Å². The highest BCUT2D eigenvalue weighted by molar-refractivity contribution is 5.87. The number of anilines is 1. The van der Waals surface area contributed by atoms with Crippen molar-refractivity contribution < 1.29 is 9.90 Å². The summed E-state index contributed by atoms with van der Waals surface area (Å²) >= 11 is 0. The Morgan fingerprint density at radius 3 is 2.18 bits per heavy atom.